The van der Waals surface area contributed by atoms with Gasteiger partial charge in [-0.15, -0.1) is 0 Å². The molecule has 1 aliphatic heterocycles. The van der Waals surface area contributed by atoms with E-state index in [4.69, 9.17) is 5.73 Å². The molecule has 0 spiro atoms. The lowest BCUT2D eigenvalue weighted by Crippen LogP contribution is -2.61. The van der Waals surface area contributed by atoms with Gasteiger partial charge in [-0.1, -0.05) is 50.6 Å². The van der Waals surface area contributed by atoms with Crippen molar-refractivity contribution in [2.24, 2.45) is 11.7 Å². The molecule has 48 heavy (non-hydrogen) atoms. The van der Waals surface area contributed by atoms with Crippen molar-refractivity contribution < 1.29 is 39.0 Å². The van der Waals surface area contributed by atoms with E-state index in [-0.39, 0.29) is 19.2 Å². The Kier molecular flexibility index (Phi) is 20.0. The van der Waals surface area contributed by atoms with Crippen LogP contribution in [-0.2, 0) is 28.8 Å². The summed E-state index contributed by atoms with van der Waals surface area (Å²) >= 11 is 0. The second-order valence-electron chi connectivity index (χ2n) is 11.7. The molecule has 1 fully saturated rings. The van der Waals surface area contributed by atoms with Crippen LogP contribution < -0.4 is 37.6 Å². The predicted octanol–water partition coefficient (Wildman–Crippen LogP) is -0.929. The highest BCUT2D eigenvalue weighted by Crippen LogP contribution is 2.10. The Balaban J connectivity index is 2.74. The van der Waals surface area contributed by atoms with E-state index in [1.54, 1.807) is 32.9 Å². The number of carbonyl (C=O) groups is 6. The van der Waals surface area contributed by atoms with Gasteiger partial charge in [0.25, 0.3) is 0 Å². The number of carbonyl (C=O) groups excluding carboxylic acids is 6. The monoisotopic (exact) mass is 675 g/mol. The van der Waals surface area contributed by atoms with Crippen molar-refractivity contribution in [2.45, 2.75) is 103 Å². The van der Waals surface area contributed by atoms with Gasteiger partial charge in [0.15, 0.2) is 0 Å². The van der Waals surface area contributed by atoms with E-state index in [9.17, 15) is 39.0 Å². The SMILES string of the molecule is CC[C@H](C)[C@@H]1NC(=O)[C@H]([C@@H](C)O)NC(=O)[C@@H](N)CNC(=O)[C@@H](CNC(=O)/C=C/NC(=O)/C=C/C=C/CCC/C=C/CC[C@@H](C)O)NC1=O. The van der Waals surface area contributed by atoms with Crippen molar-refractivity contribution in [3.63, 3.8) is 0 Å². The van der Waals surface area contributed by atoms with Crippen LogP contribution in [0.2, 0.25) is 0 Å². The van der Waals surface area contributed by atoms with Crippen LogP contribution in [0, 0.1) is 5.92 Å². The molecule has 6 amide bonds. The second kappa shape index (κ2) is 23.1. The Labute approximate surface area is 282 Å². The first kappa shape index (κ1) is 41.7. The van der Waals surface area contributed by atoms with E-state index in [1.165, 1.54) is 13.0 Å². The van der Waals surface area contributed by atoms with Gasteiger partial charge < -0.3 is 47.8 Å². The van der Waals surface area contributed by atoms with Crippen LogP contribution in [0.3, 0.4) is 0 Å². The van der Waals surface area contributed by atoms with Crippen molar-refractivity contribution in [3.8, 4) is 0 Å². The topological polar surface area (TPSA) is 241 Å². The van der Waals surface area contributed by atoms with Gasteiger partial charge in [0.05, 0.1) is 12.2 Å². The molecule has 0 saturated carbocycles. The van der Waals surface area contributed by atoms with Crippen LogP contribution >= 0.6 is 0 Å². The summed E-state index contributed by atoms with van der Waals surface area (Å²) in [5, 5.41) is 34.1. The lowest BCUT2D eigenvalue weighted by molar-refractivity contribution is -0.135. The minimum Gasteiger partial charge on any atom is -0.393 e. The summed E-state index contributed by atoms with van der Waals surface area (Å²) < 4.78 is 0. The molecule has 1 aliphatic rings. The first-order valence-electron chi connectivity index (χ1n) is 16.3. The molecule has 0 aromatic rings. The summed E-state index contributed by atoms with van der Waals surface area (Å²) in [6, 6.07) is -5.12. The van der Waals surface area contributed by atoms with Gasteiger partial charge in [-0.3, -0.25) is 28.8 Å². The average Bonchev–Trinajstić information content (AvgIpc) is 3.04. The van der Waals surface area contributed by atoms with Crippen LogP contribution in [0.25, 0.3) is 0 Å². The van der Waals surface area contributed by atoms with Crippen LogP contribution in [0.4, 0.5) is 0 Å². The van der Waals surface area contributed by atoms with Crippen molar-refractivity contribution in [3.05, 3.63) is 48.7 Å². The lowest BCUT2D eigenvalue weighted by atomic mass is 9.97. The molecule has 15 nitrogen and oxygen atoms in total. The van der Waals surface area contributed by atoms with Gasteiger partial charge in [-0.05, 0) is 51.9 Å². The molecule has 1 rings (SSSR count). The summed E-state index contributed by atoms with van der Waals surface area (Å²) in [6.07, 6.45) is 16.0. The first-order chi connectivity index (χ1) is 22.8. The number of aliphatic hydroxyl groups excluding tert-OH is 2. The summed E-state index contributed by atoms with van der Waals surface area (Å²) in [6.45, 7) is 5.85. The molecule has 0 bridgehead atoms. The fourth-order valence-electron chi connectivity index (χ4n) is 4.26. The van der Waals surface area contributed by atoms with E-state index in [1.807, 2.05) is 6.08 Å². The fraction of sp³-hybridized carbons (Fsp3) is 0.576. The van der Waals surface area contributed by atoms with E-state index < -0.39 is 71.6 Å². The molecule has 0 aromatic heterocycles. The number of allylic oxidation sites excluding steroid dienone is 5. The molecule has 10 N–H and O–H groups in total. The molecule has 0 aliphatic carbocycles. The predicted molar refractivity (Wildman–Crippen MR) is 180 cm³/mol. The van der Waals surface area contributed by atoms with Crippen LogP contribution in [-0.4, -0.2) is 95.1 Å². The highest BCUT2D eigenvalue weighted by Gasteiger charge is 2.35. The number of hydrogen-bond donors (Lipinski definition) is 9. The Morgan fingerprint density at radius 1 is 0.854 bits per heavy atom. The normalized spacial score (nSPS) is 23.4. The third-order valence-corrected chi connectivity index (χ3v) is 7.42. The molecule has 0 radical (unpaired) electrons. The Bertz CT molecular complexity index is 1200. The summed E-state index contributed by atoms with van der Waals surface area (Å²) in [5.41, 5.74) is 5.86. The lowest BCUT2D eigenvalue weighted by Gasteiger charge is -2.28. The number of rotatable bonds is 16. The second-order valence-corrected chi connectivity index (χ2v) is 11.7. The standard InChI is InChI=1S/C33H53N7O8/c1-5-21(2)28-32(47)38-25(31(46)37-19-24(34)30(45)40-29(23(4)42)33(48)39-28)20-36-27(44)17-18-35-26(43)16-14-12-10-8-6-7-9-11-13-15-22(3)41/h9-12,14,16-18,21-25,28-29,41-42H,5-8,13,15,19-20,34H2,1-4H3,(H,35,43)(H,36,44)(H,37,46)(H,38,47)(H,39,48)(H,40,45)/b11-9+,12-10+,16-14+,18-17+/t21-,22+,23+,24-,25+,28-,29-/m0/s1. The molecule has 0 unspecified atom stereocenters. The molecule has 1 heterocycles. The third-order valence-electron chi connectivity index (χ3n) is 7.42. The average molecular weight is 676 g/mol. The number of hydrogen-bond acceptors (Lipinski definition) is 9. The quantitative estimate of drug-likeness (QED) is 0.0424. The van der Waals surface area contributed by atoms with Gasteiger partial charge in [-0.25, -0.2) is 0 Å². The molecular weight excluding hydrogens is 622 g/mol. The molecule has 15 heteroatoms. The molecule has 268 valence electrons. The van der Waals surface area contributed by atoms with Gasteiger partial charge in [0, 0.05) is 31.4 Å². The number of unbranched alkanes of at least 4 members (excludes halogenated alkanes) is 2. The van der Waals surface area contributed by atoms with Crippen molar-refractivity contribution in [1.82, 2.24) is 31.9 Å². The molecule has 1 saturated heterocycles. The fourth-order valence-corrected chi connectivity index (χ4v) is 4.26. The van der Waals surface area contributed by atoms with Crippen LogP contribution in [0.15, 0.2) is 48.7 Å². The van der Waals surface area contributed by atoms with Crippen molar-refractivity contribution >= 4 is 35.4 Å². The minimum atomic E-state index is -1.40. The Morgan fingerprint density at radius 2 is 1.50 bits per heavy atom. The van der Waals surface area contributed by atoms with Gasteiger partial charge in [-0.2, -0.15) is 0 Å². The summed E-state index contributed by atoms with van der Waals surface area (Å²) in [7, 11) is 0. The minimum absolute atomic E-state index is 0.294. The van der Waals surface area contributed by atoms with Gasteiger partial charge in [0.2, 0.25) is 35.4 Å². The van der Waals surface area contributed by atoms with E-state index >= 15 is 0 Å². The third kappa shape index (κ3) is 17.0. The van der Waals surface area contributed by atoms with Crippen LogP contribution in [0.1, 0.15) is 66.2 Å². The number of nitrogens with one attached hydrogen (secondary N) is 6. The number of aliphatic hydroxyl groups is 2. The number of amides is 6. The smallest absolute Gasteiger partial charge is 0.247 e. The van der Waals surface area contributed by atoms with E-state index in [0.717, 1.165) is 44.4 Å². The highest BCUT2D eigenvalue weighted by atomic mass is 16.3. The maximum absolute atomic E-state index is 13.3. The highest BCUT2D eigenvalue weighted by molar-refractivity contribution is 5.96. The first-order valence-corrected chi connectivity index (χ1v) is 16.3. The van der Waals surface area contributed by atoms with E-state index in [2.05, 4.69) is 44.1 Å². The van der Waals surface area contributed by atoms with Gasteiger partial charge in [0.1, 0.15) is 24.2 Å². The molecule has 0 aromatic carbocycles. The zero-order valence-corrected chi connectivity index (χ0v) is 28.2. The van der Waals surface area contributed by atoms with Gasteiger partial charge >= 0.3 is 0 Å². The zero-order chi connectivity index (χ0) is 36.1. The maximum atomic E-state index is 13.3. The zero-order valence-electron chi connectivity index (χ0n) is 28.2. The molecular formula is C33H53N7O8. The summed E-state index contributed by atoms with van der Waals surface area (Å²) in [5.74, 6) is -4.61. The van der Waals surface area contributed by atoms with Crippen molar-refractivity contribution in [1.29, 1.82) is 0 Å². The molecule has 7 atom stereocenters. The summed E-state index contributed by atoms with van der Waals surface area (Å²) in [4.78, 5) is 76.2. The van der Waals surface area contributed by atoms with Crippen LogP contribution in [0.5, 0.6) is 0 Å². The van der Waals surface area contributed by atoms with E-state index in [0.29, 0.717) is 6.42 Å². The maximum Gasteiger partial charge on any atom is 0.247 e. The van der Waals surface area contributed by atoms with Crippen molar-refractivity contribution in [2.75, 3.05) is 13.1 Å². The largest absolute Gasteiger partial charge is 0.393 e. The number of nitrogens with two attached hydrogens (primary N) is 1. The Hall–Kier alpha value is -4.34. The Morgan fingerprint density at radius 3 is 2.17 bits per heavy atom.